The largest absolute Gasteiger partial charge is 0.306 e. The summed E-state index contributed by atoms with van der Waals surface area (Å²) in [4.78, 5) is 13.2. The fraction of sp³-hybridized carbons (Fsp3) is 0.250. The Kier molecular flexibility index (Phi) is 4.55. The summed E-state index contributed by atoms with van der Waals surface area (Å²) in [6, 6.07) is 5.82. The fourth-order valence-corrected chi connectivity index (χ4v) is 1.73. The van der Waals surface area contributed by atoms with E-state index in [1.165, 1.54) is 28.8 Å². The van der Waals surface area contributed by atoms with Crippen molar-refractivity contribution in [3.63, 3.8) is 0 Å². The molecule has 1 rings (SSSR count). The lowest BCUT2D eigenvalue weighted by molar-refractivity contribution is 0.266. The third-order valence-electron chi connectivity index (χ3n) is 2.11. The van der Waals surface area contributed by atoms with Crippen LogP contribution in [0.15, 0.2) is 36.9 Å². The first-order valence-electron chi connectivity index (χ1n) is 4.87. The molecule has 16 heavy (non-hydrogen) atoms. The molecule has 0 fully saturated rings. The number of thioether (sulfide) groups is 1. The van der Waals surface area contributed by atoms with Gasteiger partial charge in [0.15, 0.2) is 0 Å². The normalized spacial score (nSPS) is 11.9. The van der Waals surface area contributed by atoms with E-state index >= 15 is 0 Å². The van der Waals surface area contributed by atoms with E-state index in [0.29, 0.717) is 5.69 Å². The average Bonchev–Trinajstić information content (AvgIpc) is 2.28. The van der Waals surface area contributed by atoms with Gasteiger partial charge in [-0.3, -0.25) is 4.79 Å². The smallest absolute Gasteiger partial charge is 0.286 e. The maximum Gasteiger partial charge on any atom is 0.286 e. The summed E-state index contributed by atoms with van der Waals surface area (Å²) in [6.07, 6.45) is 1.71. The molecule has 0 unspecified atom stereocenters. The van der Waals surface area contributed by atoms with Crippen molar-refractivity contribution >= 4 is 22.7 Å². The monoisotopic (exact) mass is 239 g/mol. The molecule has 0 bridgehead atoms. The Morgan fingerprint density at radius 2 is 2.06 bits per heavy atom. The third-order valence-corrected chi connectivity index (χ3v) is 3.15. The molecular weight excluding hydrogens is 225 g/mol. The van der Waals surface area contributed by atoms with Crippen LogP contribution < -0.4 is 4.90 Å². The summed E-state index contributed by atoms with van der Waals surface area (Å²) in [6.45, 7) is 5.51. The van der Waals surface area contributed by atoms with Crippen molar-refractivity contribution in [2.75, 3.05) is 11.9 Å². The van der Waals surface area contributed by atoms with E-state index in [9.17, 15) is 9.18 Å². The van der Waals surface area contributed by atoms with Crippen LogP contribution in [0.3, 0.4) is 0 Å². The molecule has 4 heteroatoms. The summed E-state index contributed by atoms with van der Waals surface area (Å²) in [7, 11) is 1.67. The zero-order valence-corrected chi connectivity index (χ0v) is 10.1. The van der Waals surface area contributed by atoms with Gasteiger partial charge >= 0.3 is 0 Å². The van der Waals surface area contributed by atoms with Gasteiger partial charge in [0, 0.05) is 18.0 Å². The van der Waals surface area contributed by atoms with E-state index in [-0.39, 0.29) is 16.3 Å². The Morgan fingerprint density at radius 3 is 2.56 bits per heavy atom. The lowest BCUT2D eigenvalue weighted by atomic mass is 10.3. The number of hydrogen-bond acceptors (Lipinski definition) is 2. The zero-order chi connectivity index (χ0) is 12.1. The van der Waals surface area contributed by atoms with Crippen LogP contribution in [0, 0.1) is 5.82 Å². The Bertz CT molecular complexity index is 377. The summed E-state index contributed by atoms with van der Waals surface area (Å²) in [5, 5.41) is -0.0191. The van der Waals surface area contributed by atoms with Crippen LogP contribution in [0.5, 0.6) is 0 Å². The lowest BCUT2D eigenvalue weighted by Gasteiger charge is -2.17. The van der Waals surface area contributed by atoms with Crippen molar-refractivity contribution in [2.24, 2.45) is 0 Å². The fourth-order valence-electron chi connectivity index (χ4n) is 1.06. The molecule has 0 spiro atoms. The third kappa shape index (κ3) is 3.38. The highest BCUT2D eigenvalue weighted by atomic mass is 32.2. The van der Waals surface area contributed by atoms with Gasteiger partial charge in [-0.1, -0.05) is 17.8 Å². The summed E-state index contributed by atoms with van der Waals surface area (Å²) in [5.41, 5.74) is 0.676. The number of carbonyl (C=O) groups excluding carboxylic acids is 1. The van der Waals surface area contributed by atoms with Gasteiger partial charge in [-0.05, 0) is 31.2 Å². The van der Waals surface area contributed by atoms with Crippen molar-refractivity contribution in [1.82, 2.24) is 0 Å². The van der Waals surface area contributed by atoms with Crippen LogP contribution >= 0.6 is 11.8 Å². The molecule has 0 aromatic heterocycles. The van der Waals surface area contributed by atoms with E-state index in [2.05, 4.69) is 6.58 Å². The molecule has 1 aromatic carbocycles. The lowest BCUT2D eigenvalue weighted by Crippen LogP contribution is -2.23. The predicted octanol–water partition coefficient (Wildman–Crippen LogP) is 3.69. The first-order chi connectivity index (χ1) is 7.54. The van der Waals surface area contributed by atoms with Gasteiger partial charge in [0.05, 0.1) is 0 Å². The highest BCUT2D eigenvalue weighted by Gasteiger charge is 2.13. The Labute approximate surface area is 99.1 Å². The summed E-state index contributed by atoms with van der Waals surface area (Å²) >= 11 is 1.18. The van der Waals surface area contributed by atoms with Crippen molar-refractivity contribution in [3.05, 3.63) is 42.7 Å². The van der Waals surface area contributed by atoms with Crippen LogP contribution in [0.25, 0.3) is 0 Å². The van der Waals surface area contributed by atoms with Gasteiger partial charge in [0.1, 0.15) is 5.82 Å². The maximum atomic E-state index is 12.7. The molecule has 0 radical (unpaired) electrons. The first-order valence-corrected chi connectivity index (χ1v) is 5.75. The minimum Gasteiger partial charge on any atom is -0.306 e. The van der Waals surface area contributed by atoms with Crippen LogP contribution in [-0.2, 0) is 0 Å². The van der Waals surface area contributed by atoms with E-state index in [1.807, 2.05) is 6.92 Å². The number of halogens is 1. The van der Waals surface area contributed by atoms with Crippen molar-refractivity contribution in [2.45, 2.75) is 12.2 Å². The molecular formula is C12H14FNOS. The van der Waals surface area contributed by atoms with Crippen LogP contribution in [0.2, 0.25) is 0 Å². The van der Waals surface area contributed by atoms with Gasteiger partial charge in [-0.15, -0.1) is 6.58 Å². The van der Waals surface area contributed by atoms with E-state index in [4.69, 9.17) is 0 Å². The molecule has 0 aliphatic heterocycles. The summed E-state index contributed by atoms with van der Waals surface area (Å²) in [5.74, 6) is -0.309. The van der Waals surface area contributed by atoms with Gasteiger partial charge in [-0.2, -0.15) is 0 Å². The SMILES string of the molecule is C=C[C@H](C)SC(=O)N(C)c1ccc(F)cc1. The van der Waals surface area contributed by atoms with E-state index in [1.54, 1.807) is 25.3 Å². The Balaban J connectivity index is 2.70. The van der Waals surface area contributed by atoms with Gasteiger partial charge in [0.25, 0.3) is 5.24 Å². The van der Waals surface area contributed by atoms with Gasteiger partial charge < -0.3 is 4.90 Å². The molecule has 0 saturated carbocycles. The van der Waals surface area contributed by atoms with Gasteiger partial charge in [-0.25, -0.2) is 4.39 Å². The second-order valence-electron chi connectivity index (χ2n) is 3.36. The quantitative estimate of drug-likeness (QED) is 0.750. The Morgan fingerprint density at radius 1 is 1.50 bits per heavy atom. The number of rotatable bonds is 3. The molecule has 0 saturated heterocycles. The molecule has 0 aliphatic carbocycles. The maximum absolute atomic E-state index is 12.7. The van der Waals surface area contributed by atoms with Crippen LogP contribution in [0.1, 0.15) is 6.92 Å². The Hall–Kier alpha value is -1.29. The van der Waals surface area contributed by atoms with E-state index in [0.717, 1.165) is 0 Å². The van der Waals surface area contributed by atoms with Crippen LogP contribution in [-0.4, -0.2) is 17.5 Å². The van der Waals surface area contributed by atoms with Crippen molar-refractivity contribution in [3.8, 4) is 0 Å². The van der Waals surface area contributed by atoms with Gasteiger partial charge in [0.2, 0.25) is 0 Å². The predicted molar refractivity (Wildman–Crippen MR) is 67.4 cm³/mol. The highest BCUT2D eigenvalue weighted by molar-refractivity contribution is 8.14. The number of anilines is 1. The molecule has 1 aromatic rings. The number of hydrogen-bond donors (Lipinski definition) is 0. The molecule has 1 amide bonds. The second kappa shape index (κ2) is 5.70. The topological polar surface area (TPSA) is 20.3 Å². The summed E-state index contributed by atoms with van der Waals surface area (Å²) < 4.78 is 12.7. The van der Waals surface area contributed by atoms with E-state index < -0.39 is 0 Å². The standard InChI is InChI=1S/C12H14FNOS/c1-4-9(2)16-12(15)14(3)11-7-5-10(13)6-8-11/h4-9H,1H2,2-3H3/t9-/m0/s1. The van der Waals surface area contributed by atoms with Crippen LogP contribution in [0.4, 0.5) is 14.9 Å². The molecule has 1 atom stereocenters. The average molecular weight is 239 g/mol. The molecule has 0 aliphatic rings. The highest BCUT2D eigenvalue weighted by Crippen LogP contribution is 2.21. The molecule has 0 N–H and O–H groups in total. The minimum atomic E-state index is -0.309. The second-order valence-corrected chi connectivity index (χ2v) is 4.69. The molecule has 86 valence electrons. The zero-order valence-electron chi connectivity index (χ0n) is 9.31. The molecule has 2 nitrogen and oxygen atoms in total. The first kappa shape index (κ1) is 12.8. The number of nitrogens with zero attached hydrogens (tertiary/aromatic N) is 1. The molecule has 0 heterocycles. The minimum absolute atomic E-state index is 0.0652. The number of amides is 1. The van der Waals surface area contributed by atoms with Crippen molar-refractivity contribution in [1.29, 1.82) is 0 Å². The number of benzene rings is 1. The number of carbonyl (C=O) groups is 1. The van der Waals surface area contributed by atoms with Crippen molar-refractivity contribution < 1.29 is 9.18 Å².